The summed E-state index contributed by atoms with van der Waals surface area (Å²) in [5.41, 5.74) is 2.78. The van der Waals surface area contributed by atoms with E-state index in [-0.39, 0.29) is 4.92 Å². The summed E-state index contributed by atoms with van der Waals surface area (Å²) in [5.74, 6) is 2.35. The molecule has 0 aliphatic heterocycles. The third kappa shape index (κ3) is 12.6. The van der Waals surface area contributed by atoms with Gasteiger partial charge in [-0.05, 0) is 18.2 Å². The summed E-state index contributed by atoms with van der Waals surface area (Å²) < 4.78 is 0. The van der Waals surface area contributed by atoms with Gasteiger partial charge in [0.25, 0.3) is 0 Å². The second-order valence-corrected chi connectivity index (χ2v) is 39.5. The van der Waals surface area contributed by atoms with Crippen molar-refractivity contribution in [2.45, 2.75) is 19.6 Å². The number of benzene rings is 1. The van der Waals surface area contributed by atoms with E-state index in [0.29, 0.717) is 0 Å². The van der Waals surface area contributed by atoms with Crippen LogP contribution in [0, 0.1) is 6.92 Å². The van der Waals surface area contributed by atoms with Gasteiger partial charge in [-0.15, -0.1) is 0 Å². The van der Waals surface area contributed by atoms with Crippen LogP contribution in [-0.4, -0.2) is 5.75 Å². The molecule has 1 aromatic carbocycles. The van der Waals surface area contributed by atoms with E-state index in [1.165, 1.54) is 16.9 Å². The zero-order valence-corrected chi connectivity index (χ0v) is 17.4. The Labute approximate surface area is 135 Å². The Morgan fingerprint density at radius 1 is 1.13 bits per heavy atom. The molecule has 0 aliphatic carbocycles. The van der Waals surface area contributed by atoms with Crippen LogP contribution >= 0.6 is 71.7 Å². The van der Waals surface area contributed by atoms with Crippen LogP contribution in [0.5, 0.6) is 0 Å². The molecule has 5 heteroatoms. The first kappa shape index (κ1) is 17.3. The average molecular weight is 598 g/mol. The second-order valence-electron chi connectivity index (χ2n) is 2.81. The molecule has 86 valence electrons. The van der Waals surface area contributed by atoms with Crippen molar-refractivity contribution >= 4 is 71.7 Å². The van der Waals surface area contributed by atoms with Crippen molar-refractivity contribution in [2.24, 2.45) is 0 Å². The molecule has 0 aromatic heterocycles. The third-order valence-electron chi connectivity index (χ3n) is 1.59. The van der Waals surface area contributed by atoms with Crippen LogP contribution in [0.4, 0.5) is 0 Å². The van der Waals surface area contributed by atoms with E-state index in [4.69, 9.17) is 0 Å². The molecule has 0 spiro atoms. The second kappa shape index (κ2) is 11.4. The van der Waals surface area contributed by atoms with Crippen LogP contribution in [0.3, 0.4) is 0 Å². The maximum absolute atomic E-state index is 2.46. The van der Waals surface area contributed by atoms with E-state index >= 15 is 0 Å². The Morgan fingerprint density at radius 3 is 2.00 bits per heavy atom. The van der Waals surface area contributed by atoms with Crippen molar-refractivity contribution < 1.29 is 4.92 Å². The predicted molar refractivity (Wildman–Crippen MR) is 95.1 cm³/mol. The standard InChI is InChI=1S/C10H14S.3HI.V/c1-3-11-8-10-6-4-9(2)5-7-10;;;;/h4-7H,3,8H2,1-2H3;3*1H;/q;;;;+3/p-3. The van der Waals surface area contributed by atoms with Gasteiger partial charge in [0.15, 0.2) is 0 Å². The molecule has 0 bridgehead atoms. The minimum atomic E-state index is -0.278. The molecule has 0 atom stereocenters. The maximum atomic E-state index is 2.46. The first-order valence-corrected chi connectivity index (χ1v) is 19.1. The fraction of sp³-hybridized carbons (Fsp3) is 0.400. The van der Waals surface area contributed by atoms with Gasteiger partial charge in [-0.1, -0.05) is 36.8 Å². The van der Waals surface area contributed by atoms with Gasteiger partial charge in [-0.3, -0.25) is 0 Å². The Kier molecular flexibility index (Phi) is 13.2. The molecule has 0 heterocycles. The molecular weight excluding hydrogens is 584 g/mol. The molecule has 0 N–H and O–H groups in total. The molecule has 0 saturated heterocycles. The number of halogens is 3. The Hall–Kier alpha value is 2.34. The topological polar surface area (TPSA) is 0 Å². The molecule has 15 heavy (non-hydrogen) atoms. The summed E-state index contributed by atoms with van der Waals surface area (Å²) in [6.45, 7) is 4.32. The van der Waals surface area contributed by atoms with Crippen molar-refractivity contribution in [3.63, 3.8) is 0 Å². The molecule has 0 saturated carbocycles. The van der Waals surface area contributed by atoms with Gasteiger partial charge >= 0.3 is 64.9 Å². The van der Waals surface area contributed by atoms with E-state index in [0.717, 1.165) is 5.75 Å². The van der Waals surface area contributed by atoms with E-state index in [2.05, 4.69) is 98.0 Å². The van der Waals surface area contributed by atoms with Gasteiger partial charge in [0, 0.05) is 5.75 Å². The summed E-state index contributed by atoms with van der Waals surface area (Å²) in [6, 6.07) is 8.76. The van der Waals surface area contributed by atoms with Crippen molar-refractivity contribution in [1.29, 1.82) is 0 Å². The van der Waals surface area contributed by atoms with Gasteiger partial charge < -0.3 is 0 Å². The Balaban J connectivity index is 0.000000423. The van der Waals surface area contributed by atoms with Gasteiger partial charge in [0.05, 0.1) is 0 Å². The van der Waals surface area contributed by atoms with Crippen molar-refractivity contribution in [3.05, 3.63) is 35.4 Å². The van der Waals surface area contributed by atoms with Gasteiger partial charge in [0.2, 0.25) is 0 Å². The van der Waals surface area contributed by atoms with Crippen LogP contribution in [0.25, 0.3) is 0 Å². The zero-order valence-electron chi connectivity index (χ0n) is 8.71. The van der Waals surface area contributed by atoms with Crippen LogP contribution in [0.15, 0.2) is 24.3 Å². The first-order chi connectivity index (χ1) is 7.06. The Morgan fingerprint density at radius 2 is 1.60 bits per heavy atom. The minimum absolute atomic E-state index is 0.278. The van der Waals surface area contributed by atoms with E-state index < -0.39 is 0 Å². The van der Waals surface area contributed by atoms with Gasteiger partial charge in [-0.2, -0.15) is 11.8 Å². The van der Waals surface area contributed by atoms with Gasteiger partial charge in [-0.25, -0.2) is 0 Å². The monoisotopic (exact) mass is 598 g/mol. The molecule has 0 unspecified atom stereocenters. The third-order valence-corrected chi connectivity index (χ3v) is 2.54. The summed E-state index contributed by atoms with van der Waals surface area (Å²) >= 11 is 9.35. The van der Waals surface area contributed by atoms with E-state index in [9.17, 15) is 0 Å². The number of rotatable bonds is 3. The molecule has 0 amide bonds. The van der Waals surface area contributed by atoms with Crippen LogP contribution in [-0.2, 0) is 10.7 Å². The van der Waals surface area contributed by atoms with E-state index in [1.807, 2.05) is 11.8 Å². The Bertz CT molecular complexity index is 249. The number of hydrogen-bond acceptors (Lipinski definition) is 1. The summed E-state index contributed by atoms with van der Waals surface area (Å²) in [7, 11) is 0. The molecule has 1 rings (SSSR count). The summed E-state index contributed by atoms with van der Waals surface area (Å²) in [6.07, 6.45) is 0. The SMILES string of the molecule is CCSCc1ccc(C)cc1.[I][V]([I])[I]. The van der Waals surface area contributed by atoms with Crippen LogP contribution < -0.4 is 0 Å². The molecule has 0 fully saturated rings. The van der Waals surface area contributed by atoms with Crippen molar-refractivity contribution in [1.82, 2.24) is 0 Å². The molecule has 1 aromatic rings. The van der Waals surface area contributed by atoms with Crippen LogP contribution in [0.2, 0.25) is 0 Å². The quantitative estimate of drug-likeness (QED) is 0.391. The number of aryl methyl sites for hydroxylation is 1. The average Bonchev–Trinajstić information content (AvgIpc) is 2.16. The van der Waals surface area contributed by atoms with Crippen molar-refractivity contribution in [2.75, 3.05) is 5.75 Å². The molecule has 0 nitrogen and oxygen atoms in total. The van der Waals surface area contributed by atoms with E-state index in [1.54, 1.807) is 0 Å². The fourth-order valence-corrected chi connectivity index (χ4v) is 1.54. The zero-order chi connectivity index (χ0) is 11.7. The van der Waals surface area contributed by atoms with Crippen molar-refractivity contribution in [3.8, 4) is 0 Å². The normalized spacial score (nSPS) is 9.73. The van der Waals surface area contributed by atoms with Crippen LogP contribution in [0.1, 0.15) is 18.1 Å². The summed E-state index contributed by atoms with van der Waals surface area (Å²) in [4.78, 5) is -0.278. The first-order valence-electron chi connectivity index (χ1n) is 4.47. The predicted octanol–water partition coefficient (Wildman–Crippen LogP) is 5.90. The number of hydrogen-bond donors (Lipinski definition) is 0. The number of thioether (sulfide) groups is 1. The fourth-order valence-electron chi connectivity index (χ4n) is 0.904. The summed E-state index contributed by atoms with van der Waals surface area (Å²) in [5, 5.41) is 0. The molecule has 0 aliphatic rings. The molecular formula is C10H14I3SV. The molecule has 0 radical (unpaired) electrons. The van der Waals surface area contributed by atoms with Gasteiger partial charge in [0.1, 0.15) is 0 Å².